The number of hydrogen-bond acceptors (Lipinski definition) is 2. The van der Waals surface area contributed by atoms with Crippen molar-refractivity contribution in [3.63, 3.8) is 0 Å². The van der Waals surface area contributed by atoms with Gasteiger partial charge in [0.1, 0.15) is 5.75 Å². The molecule has 2 rings (SSSR count). The van der Waals surface area contributed by atoms with Crippen LogP contribution in [-0.2, 0) is 6.54 Å². The van der Waals surface area contributed by atoms with E-state index in [-0.39, 0.29) is 6.10 Å². The summed E-state index contributed by atoms with van der Waals surface area (Å²) in [6.45, 7) is 4.49. The van der Waals surface area contributed by atoms with Crippen LogP contribution in [0.4, 0.5) is 0 Å². The van der Waals surface area contributed by atoms with Crippen molar-refractivity contribution < 1.29 is 4.74 Å². The molecule has 2 aromatic carbocycles. The highest BCUT2D eigenvalue weighted by atomic mass is 35.5. The smallest absolute Gasteiger partial charge is 0.120 e. The predicted molar refractivity (Wildman–Crippen MR) is 80.5 cm³/mol. The van der Waals surface area contributed by atoms with Crippen molar-refractivity contribution in [3.8, 4) is 16.9 Å². The molecule has 0 aliphatic rings. The minimum Gasteiger partial charge on any atom is -0.491 e. The SMILES string of the molecule is CC(C)Oc1cccc(-c2ccc(Cl)cc2CN)c1. The quantitative estimate of drug-likeness (QED) is 0.905. The van der Waals surface area contributed by atoms with Crippen molar-refractivity contribution in [2.45, 2.75) is 26.5 Å². The fraction of sp³-hybridized carbons (Fsp3) is 0.250. The Morgan fingerprint density at radius 3 is 2.63 bits per heavy atom. The van der Waals surface area contributed by atoms with E-state index < -0.39 is 0 Å². The van der Waals surface area contributed by atoms with Crippen LogP contribution >= 0.6 is 11.6 Å². The molecule has 0 aliphatic heterocycles. The highest BCUT2D eigenvalue weighted by Crippen LogP contribution is 2.29. The molecule has 3 heteroatoms. The standard InChI is InChI=1S/C16H18ClNO/c1-11(2)19-15-5-3-4-12(9-15)16-7-6-14(17)8-13(16)10-18/h3-9,11H,10,18H2,1-2H3. The second kappa shape index (κ2) is 6.09. The average Bonchev–Trinajstić information content (AvgIpc) is 2.38. The molecule has 0 spiro atoms. The zero-order valence-corrected chi connectivity index (χ0v) is 11.9. The maximum atomic E-state index is 6.00. The predicted octanol–water partition coefficient (Wildman–Crippen LogP) is 4.25. The fourth-order valence-corrected chi connectivity index (χ4v) is 2.22. The van der Waals surface area contributed by atoms with E-state index in [1.807, 2.05) is 50.2 Å². The molecule has 100 valence electrons. The van der Waals surface area contributed by atoms with Crippen LogP contribution in [0.3, 0.4) is 0 Å². The molecule has 19 heavy (non-hydrogen) atoms. The first-order valence-electron chi connectivity index (χ1n) is 6.35. The van der Waals surface area contributed by atoms with Crippen molar-refractivity contribution in [2.75, 3.05) is 0 Å². The lowest BCUT2D eigenvalue weighted by Crippen LogP contribution is -2.05. The summed E-state index contributed by atoms with van der Waals surface area (Å²) >= 11 is 6.00. The second-order valence-electron chi connectivity index (χ2n) is 4.70. The van der Waals surface area contributed by atoms with Gasteiger partial charge in [-0.05, 0) is 54.8 Å². The van der Waals surface area contributed by atoms with E-state index in [4.69, 9.17) is 22.1 Å². The van der Waals surface area contributed by atoms with Gasteiger partial charge in [-0.3, -0.25) is 0 Å². The van der Waals surface area contributed by atoms with Crippen LogP contribution in [0.5, 0.6) is 5.75 Å². The monoisotopic (exact) mass is 275 g/mol. The Hall–Kier alpha value is -1.51. The fourth-order valence-electron chi connectivity index (χ4n) is 2.02. The van der Waals surface area contributed by atoms with E-state index in [9.17, 15) is 0 Å². The molecule has 0 saturated heterocycles. The molecule has 0 radical (unpaired) electrons. The van der Waals surface area contributed by atoms with Gasteiger partial charge in [-0.1, -0.05) is 29.8 Å². The highest BCUT2D eigenvalue weighted by molar-refractivity contribution is 6.30. The maximum Gasteiger partial charge on any atom is 0.120 e. The normalized spacial score (nSPS) is 10.8. The molecule has 2 nitrogen and oxygen atoms in total. The van der Waals surface area contributed by atoms with E-state index in [1.165, 1.54) is 0 Å². The third-order valence-electron chi connectivity index (χ3n) is 2.80. The lowest BCUT2D eigenvalue weighted by Gasteiger charge is -2.13. The van der Waals surface area contributed by atoms with E-state index in [0.29, 0.717) is 11.6 Å². The molecule has 0 unspecified atom stereocenters. The van der Waals surface area contributed by atoms with Gasteiger partial charge in [0.2, 0.25) is 0 Å². The summed E-state index contributed by atoms with van der Waals surface area (Å²) in [7, 11) is 0. The molecule has 0 fully saturated rings. The van der Waals surface area contributed by atoms with E-state index in [2.05, 4.69) is 6.07 Å². The number of benzene rings is 2. The van der Waals surface area contributed by atoms with Crippen LogP contribution in [0.1, 0.15) is 19.4 Å². The summed E-state index contributed by atoms with van der Waals surface area (Å²) in [5.41, 5.74) is 9.01. The van der Waals surface area contributed by atoms with Crippen LogP contribution in [0.25, 0.3) is 11.1 Å². The molecule has 2 aromatic rings. The van der Waals surface area contributed by atoms with Crippen molar-refractivity contribution in [1.29, 1.82) is 0 Å². The Morgan fingerprint density at radius 1 is 1.16 bits per heavy atom. The topological polar surface area (TPSA) is 35.2 Å². The van der Waals surface area contributed by atoms with Crippen LogP contribution in [0.15, 0.2) is 42.5 Å². The number of hydrogen-bond donors (Lipinski definition) is 1. The van der Waals surface area contributed by atoms with Gasteiger partial charge in [-0.25, -0.2) is 0 Å². The molecule has 0 saturated carbocycles. The summed E-state index contributed by atoms with van der Waals surface area (Å²) in [5, 5.41) is 0.707. The zero-order chi connectivity index (χ0) is 13.8. The summed E-state index contributed by atoms with van der Waals surface area (Å²) < 4.78 is 5.72. The summed E-state index contributed by atoms with van der Waals surface area (Å²) in [6.07, 6.45) is 0.162. The van der Waals surface area contributed by atoms with Gasteiger partial charge in [-0.15, -0.1) is 0 Å². The molecule has 2 N–H and O–H groups in total. The number of halogens is 1. The number of rotatable bonds is 4. The third-order valence-corrected chi connectivity index (χ3v) is 3.04. The van der Waals surface area contributed by atoms with E-state index in [0.717, 1.165) is 22.4 Å². The molecule has 0 bridgehead atoms. The van der Waals surface area contributed by atoms with Crippen molar-refractivity contribution >= 4 is 11.6 Å². The van der Waals surface area contributed by atoms with Gasteiger partial charge in [0, 0.05) is 11.6 Å². The summed E-state index contributed by atoms with van der Waals surface area (Å²) in [6, 6.07) is 13.8. The van der Waals surface area contributed by atoms with Crippen LogP contribution in [0.2, 0.25) is 5.02 Å². The molecular formula is C16H18ClNO. The first-order valence-corrected chi connectivity index (χ1v) is 6.73. The molecule has 0 heterocycles. The van der Waals surface area contributed by atoms with Gasteiger partial charge < -0.3 is 10.5 Å². The van der Waals surface area contributed by atoms with E-state index in [1.54, 1.807) is 0 Å². The van der Waals surface area contributed by atoms with Crippen LogP contribution < -0.4 is 10.5 Å². The van der Waals surface area contributed by atoms with Gasteiger partial charge >= 0.3 is 0 Å². The Balaban J connectivity index is 2.41. The van der Waals surface area contributed by atoms with Crippen LogP contribution in [0, 0.1) is 0 Å². The lowest BCUT2D eigenvalue weighted by molar-refractivity contribution is 0.242. The molecule has 0 amide bonds. The Labute approximate surface area is 119 Å². The number of ether oxygens (including phenoxy) is 1. The van der Waals surface area contributed by atoms with Gasteiger partial charge in [-0.2, -0.15) is 0 Å². The second-order valence-corrected chi connectivity index (χ2v) is 5.14. The Morgan fingerprint density at radius 2 is 1.95 bits per heavy atom. The summed E-state index contributed by atoms with van der Waals surface area (Å²) in [5.74, 6) is 0.866. The molecule has 0 aliphatic carbocycles. The largest absolute Gasteiger partial charge is 0.491 e. The van der Waals surface area contributed by atoms with Gasteiger partial charge in [0.25, 0.3) is 0 Å². The Bertz CT molecular complexity index is 566. The maximum absolute atomic E-state index is 6.00. The highest BCUT2D eigenvalue weighted by Gasteiger charge is 2.06. The number of nitrogens with two attached hydrogens (primary N) is 1. The van der Waals surface area contributed by atoms with Crippen LogP contribution in [-0.4, -0.2) is 6.10 Å². The minimum atomic E-state index is 0.162. The first-order chi connectivity index (χ1) is 9.10. The lowest BCUT2D eigenvalue weighted by atomic mass is 9.99. The zero-order valence-electron chi connectivity index (χ0n) is 11.2. The molecule has 0 atom stereocenters. The van der Waals surface area contributed by atoms with Gasteiger partial charge in [0.15, 0.2) is 0 Å². The average molecular weight is 276 g/mol. The summed E-state index contributed by atoms with van der Waals surface area (Å²) in [4.78, 5) is 0. The van der Waals surface area contributed by atoms with Crippen molar-refractivity contribution in [2.24, 2.45) is 5.73 Å². The van der Waals surface area contributed by atoms with Crippen molar-refractivity contribution in [1.82, 2.24) is 0 Å². The van der Waals surface area contributed by atoms with Crippen molar-refractivity contribution in [3.05, 3.63) is 53.1 Å². The first kappa shape index (κ1) is 13.9. The molecule has 0 aromatic heterocycles. The third kappa shape index (κ3) is 3.49. The Kier molecular flexibility index (Phi) is 4.46. The van der Waals surface area contributed by atoms with E-state index >= 15 is 0 Å². The molecular weight excluding hydrogens is 258 g/mol. The minimum absolute atomic E-state index is 0.162. The van der Waals surface area contributed by atoms with Gasteiger partial charge in [0.05, 0.1) is 6.10 Å².